The molecule has 0 fully saturated rings. The minimum Gasteiger partial charge on any atom is -0.462 e. The van der Waals surface area contributed by atoms with Gasteiger partial charge in [-0.05, 0) is 55.5 Å². The molecular weight excluding hydrogens is 324 g/mol. The van der Waals surface area contributed by atoms with Crippen LogP contribution in [-0.4, -0.2) is 18.9 Å². The Hall–Kier alpha value is -3.40. The van der Waals surface area contributed by atoms with Crippen molar-refractivity contribution in [3.63, 3.8) is 0 Å². The summed E-state index contributed by atoms with van der Waals surface area (Å²) in [6.45, 7) is 2.16. The van der Waals surface area contributed by atoms with Crippen molar-refractivity contribution in [2.24, 2.45) is 4.99 Å². The number of carbonyl (C=O) groups excluding carboxylic acids is 1. The lowest BCUT2D eigenvalue weighted by molar-refractivity contribution is 0.0526. The number of nitrogens with zero attached hydrogens (tertiary/aromatic N) is 2. The summed E-state index contributed by atoms with van der Waals surface area (Å²) in [5.41, 5.74) is 3.29. The van der Waals surface area contributed by atoms with Crippen LogP contribution in [0.25, 0.3) is 0 Å². The normalized spacial score (nSPS) is 10.7. The number of esters is 1. The molecular formula is C22H20N2O2. The number of hydrogen-bond acceptors (Lipinski definition) is 3. The van der Waals surface area contributed by atoms with Gasteiger partial charge in [-0.2, -0.15) is 0 Å². The molecule has 0 aliphatic carbocycles. The molecule has 0 bridgehead atoms. The molecule has 0 spiro atoms. The molecule has 3 aromatic rings. The third-order valence-corrected chi connectivity index (χ3v) is 3.77. The van der Waals surface area contributed by atoms with Crippen molar-refractivity contribution in [2.45, 2.75) is 6.92 Å². The van der Waals surface area contributed by atoms with Gasteiger partial charge in [-0.1, -0.05) is 36.4 Å². The summed E-state index contributed by atoms with van der Waals surface area (Å²) in [5.74, 6) is -0.316. The van der Waals surface area contributed by atoms with Gasteiger partial charge >= 0.3 is 5.97 Å². The van der Waals surface area contributed by atoms with E-state index in [-0.39, 0.29) is 5.97 Å². The quantitative estimate of drug-likeness (QED) is 0.343. The van der Waals surface area contributed by atoms with Crippen LogP contribution in [0.3, 0.4) is 0 Å². The van der Waals surface area contributed by atoms with Crippen LogP contribution in [0.2, 0.25) is 0 Å². The molecule has 3 aromatic carbocycles. The van der Waals surface area contributed by atoms with E-state index in [2.05, 4.69) is 4.99 Å². The predicted molar refractivity (Wildman–Crippen MR) is 106 cm³/mol. The first kappa shape index (κ1) is 17.4. The minimum absolute atomic E-state index is 0.316. The molecule has 4 nitrogen and oxygen atoms in total. The fraction of sp³-hybridized carbons (Fsp3) is 0.0909. The third-order valence-electron chi connectivity index (χ3n) is 3.77. The average Bonchev–Trinajstić information content (AvgIpc) is 2.70. The molecule has 0 aromatic heterocycles. The standard InChI is InChI=1S/C22H20N2O2/c1-2-26-22(25)18-13-15-21(16-14-18)24(20-11-7-4-8-12-20)17-23-19-9-5-3-6-10-19/h3-17H,2H2,1H3. The van der Waals surface area contributed by atoms with Gasteiger partial charge in [-0.25, -0.2) is 9.79 Å². The summed E-state index contributed by atoms with van der Waals surface area (Å²) >= 11 is 0. The highest BCUT2D eigenvalue weighted by atomic mass is 16.5. The molecule has 0 unspecified atom stereocenters. The Balaban J connectivity index is 1.91. The molecule has 0 aliphatic heterocycles. The molecule has 0 heterocycles. The lowest BCUT2D eigenvalue weighted by atomic mass is 10.2. The second kappa shape index (κ2) is 8.62. The smallest absolute Gasteiger partial charge is 0.338 e. The van der Waals surface area contributed by atoms with Gasteiger partial charge in [-0.3, -0.25) is 0 Å². The van der Waals surface area contributed by atoms with Crippen LogP contribution >= 0.6 is 0 Å². The second-order valence-electron chi connectivity index (χ2n) is 5.55. The zero-order valence-electron chi connectivity index (χ0n) is 14.6. The van der Waals surface area contributed by atoms with Crippen molar-refractivity contribution in [3.05, 3.63) is 90.5 Å². The van der Waals surface area contributed by atoms with Crippen molar-refractivity contribution in [2.75, 3.05) is 11.5 Å². The van der Waals surface area contributed by atoms with Crippen LogP contribution < -0.4 is 4.90 Å². The van der Waals surface area contributed by atoms with Crippen molar-refractivity contribution in [1.29, 1.82) is 0 Å². The van der Waals surface area contributed by atoms with Gasteiger partial charge in [0.15, 0.2) is 0 Å². The highest BCUT2D eigenvalue weighted by Gasteiger charge is 2.10. The Bertz CT molecular complexity index is 860. The molecule has 26 heavy (non-hydrogen) atoms. The van der Waals surface area contributed by atoms with Crippen LogP contribution in [0.5, 0.6) is 0 Å². The van der Waals surface area contributed by atoms with E-state index in [4.69, 9.17) is 4.74 Å². The maximum atomic E-state index is 11.8. The fourth-order valence-electron chi connectivity index (χ4n) is 2.48. The summed E-state index contributed by atoms with van der Waals surface area (Å²) in [7, 11) is 0. The van der Waals surface area contributed by atoms with E-state index in [9.17, 15) is 4.79 Å². The van der Waals surface area contributed by atoms with Crippen LogP contribution in [-0.2, 0) is 4.74 Å². The molecule has 0 atom stereocenters. The molecule has 130 valence electrons. The monoisotopic (exact) mass is 344 g/mol. The van der Waals surface area contributed by atoms with Crippen LogP contribution in [0.15, 0.2) is 89.9 Å². The van der Waals surface area contributed by atoms with Gasteiger partial charge in [0.1, 0.15) is 6.34 Å². The molecule has 3 rings (SSSR count). The summed E-state index contributed by atoms with van der Waals surface area (Å²) in [6.07, 6.45) is 1.78. The molecule has 0 saturated heterocycles. The van der Waals surface area contributed by atoms with Crippen LogP contribution in [0, 0.1) is 0 Å². The zero-order chi connectivity index (χ0) is 18.2. The first-order valence-electron chi connectivity index (χ1n) is 8.48. The maximum absolute atomic E-state index is 11.8. The Kier molecular flexibility index (Phi) is 5.78. The van der Waals surface area contributed by atoms with E-state index in [1.807, 2.05) is 77.7 Å². The van der Waals surface area contributed by atoms with Crippen molar-refractivity contribution >= 4 is 29.4 Å². The summed E-state index contributed by atoms with van der Waals surface area (Å²) < 4.78 is 5.04. The Labute approximate surface area is 153 Å². The van der Waals surface area contributed by atoms with E-state index < -0.39 is 0 Å². The second-order valence-corrected chi connectivity index (χ2v) is 5.55. The fourth-order valence-corrected chi connectivity index (χ4v) is 2.48. The molecule has 4 heteroatoms. The van der Waals surface area contributed by atoms with E-state index in [1.165, 1.54) is 0 Å². The summed E-state index contributed by atoms with van der Waals surface area (Å²) in [4.78, 5) is 18.4. The van der Waals surface area contributed by atoms with Gasteiger partial charge in [0.25, 0.3) is 0 Å². The number of carbonyl (C=O) groups is 1. The molecule has 0 N–H and O–H groups in total. The maximum Gasteiger partial charge on any atom is 0.338 e. The molecule has 0 amide bonds. The van der Waals surface area contributed by atoms with Crippen molar-refractivity contribution in [1.82, 2.24) is 0 Å². The summed E-state index contributed by atoms with van der Waals surface area (Å²) in [5, 5.41) is 0. The highest BCUT2D eigenvalue weighted by Crippen LogP contribution is 2.25. The SMILES string of the molecule is CCOC(=O)c1ccc(N(C=Nc2ccccc2)c2ccccc2)cc1. The Morgan fingerprint density at radius 2 is 1.46 bits per heavy atom. The lowest BCUT2D eigenvalue weighted by Crippen LogP contribution is -2.14. The number of para-hydroxylation sites is 2. The largest absolute Gasteiger partial charge is 0.462 e. The average molecular weight is 344 g/mol. The first-order valence-corrected chi connectivity index (χ1v) is 8.48. The zero-order valence-corrected chi connectivity index (χ0v) is 14.6. The number of hydrogen-bond donors (Lipinski definition) is 0. The third kappa shape index (κ3) is 4.36. The predicted octanol–water partition coefficient (Wildman–Crippen LogP) is 5.36. The van der Waals surface area contributed by atoms with E-state index in [1.54, 1.807) is 25.4 Å². The number of ether oxygens (including phenoxy) is 1. The highest BCUT2D eigenvalue weighted by molar-refractivity contribution is 5.93. The Morgan fingerprint density at radius 3 is 2.08 bits per heavy atom. The van der Waals surface area contributed by atoms with Gasteiger partial charge in [0.05, 0.1) is 17.9 Å². The lowest BCUT2D eigenvalue weighted by Gasteiger charge is -2.20. The molecule has 0 radical (unpaired) electrons. The van der Waals surface area contributed by atoms with E-state index in [0.29, 0.717) is 12.2 Å². The van der Waals surface area contributed by atoms with E-state index in [0.717, 1.165) is 17.1 Å². The van der Waals surface area contributed by atoms with Gasteiger partial charge in [-0.15, -0.1) is 0 Å². The van der Waals surface area contributed by atoms with Gasteiger partial charge < -0.3 is 9.64 Å². The summed E-state index contributed by atoms with van der Waals surface area (Å²) in [6, 6.07) is 27.0. The van der Waals surface area contributed by atoms with Crippen LogP contribution in [0.1, 0.15) is 17.3 Å². The van der Waals surface area contributed by atoms with Crippen LogP contribution in [0.4, 0.5) is 17.1 Å². The molecule has 0 aliphatic rings. The topological polar surface area (TPSA) is 41.9 Å². The number of anilines is 2. The number of aliphatic imine (C=N–C) groups is 1. The Morgan fingerprint density at radius 1 is 0.885 bits per heavy atom. The van der Waals surface area contributed by atoms with Crippen molar-refractivity contribution in [3.8, 4) is 0 Å². The number of benzene rings is 3. The van der Waals surface area contributed by atoms with Gasteiger partial charge in [0, 0.05) is 11.4 Å². The van der Waals surface area contributed by atoms with Gasteiger partial charge in [0.2, 0.25) is 0 Å². The number of rotatable bonds is 6. The van der Waals surface area contributed by atoms with E-state index >= 15 is 0 Å². The first-order chi connectivity index (χ1) is 12.8. The van der Waals surface area contributed by atoms with Crippen molar-refractivity contribution < 1.29 is 9.53 Å². The molecule has 0 saturated carbocycles. The minimum atomic E-state index is -0.316.